The first kappa shape index (κ1) is 16.5. The molecular weight excluding hydrogens is 288 g/mol. The minimum atomic E-state index is -0.378. The van der Waals surface area contributed by atoms with Crippen LogP contribution in [-0.4, -0.2) is 42.6 Å². The molecule has 1 amide bonds. The van der Waals surface area contributed by atoms with Crippen molar-refractivity contribution in [2.75, 3.05) is 19.8 Å². The van der Waals surface area contributed by atoms with Gasteiger partial charge < -0.3 is 15.4 Å². The number of amides is 1. The van der Waals surface area contributed by atoms with Crippen LogP contribution in [0.4, 0.5) is 0 Å². The molecule has 0 saturated carbocycles. The van der Waals surface area contributed by atoms with Gasteiger partial charge in [0.05, 0.1) is 6.04 Å². The molecule has 0 bridgehead atoms. The molecule has 0 radical (unpaired) electrons. The zero-order chi connectivity index (χ0) is 16.4. The van der Waals surface area contributed by atoms with Crippen molar-refractivity contribution in [2.24, 2.45) is 11.7 Å². The Balaban J connectivity index is 1.68. The number of carbonyl (C=O) groups excluding carboxylic acids is 1. The molecule has 0 aromatic heterocycles. The third kappa shape index (κ3) is 3.43. The summed E-state index contributed by atoms with van der Waals surface area (Å²) in [5.74, 6) is 0.818. The number of likely N-dealkylation sites (tertiary alicyclic amines) is 1. The highest BCUT2D eigenvalue weighted by Crippen LogP contribution is 2.34. The minimum Gasteiger partial charge on any atom is -0.381 e. The van der Waals surface area contributed by atoms with Gasteiger partial charge >= 0.3 is 0 Å². The number of rotatable bonds is 3. The molecular formula is C19H28N2O2. The fourth-order valence-electron chi connectivity index (χ4n) is 4.08. The molecule has 0 aliphatic carbocycles. The Bertz CT molecular complexity index is 554. The van der Waals surface area contributed by atoms with Gasteiger partial charge in [0.15, 0.2) is 0 Å². The Morgan fingerprint density at radius 2 is 2.00 bits per heavy atom. The summed E-state index contributed by atoms with van der Waals surface area (Å²) in [7, 11) is 0. The predicted octanol–water partition coefficient (Wildman–Crippen LogP) is 2.45. The first-order chi connectivity index (χ1) is 11.1. The molecule has 3 atom stereocenters. The smallest absolute Gasteiger partial charge is 0.240 e. The van der Waals surface area contributed by atoms with Crippen LogP contribution in [0, 0.1) is 12.8 Å². The average molecular weight is 316 g/mol. The van der Waals surface area contributed by atoms with E-state index < -0.39 is 0 Å². The number of ether oxygens (including phenoxy) is 1. The Kier molecular flexibility index (Phi) is 5.02. The van der Waals surface area contributed by atoms with Crippen molar-refractivity contribution in [2.45, 2.75) is 51.1 Å². The molecule has 3 unspecified atom stereocenters. The van der Waals surface area contributed by atoms with E-state index in [9.17, 15) is 4.79 Å². The van der Waals surface area contributed by atoms with Crippen LogP contribution in [0.15, 0.2) is 24.3 Å². The summed E-state index contributed by atoms with van der Waals surface area (Å²) < 4.78 is 5.38. The first-order valence-corrected chi connectivity index (χ1v) is 8.77. The van der Waals surface area contributed by atoms with Crippen LogP contribution >= 0.6 is 0 Å². The summed E-state index contributed by atoms with van der Waals surface area (Å²) in [6, 6.07) is 8.39. The lowest BCUT2D eigenvalue weighted by molar-refractivity contribution is -0.135. The Labute approximate surface area is 139 Å². The van der Waals surface area contributed by atoms with Gasteiger partial charge in [0.1, 0.15) is 0 Å². The van der Waals surface area contributed by atoms with Gasteiger partial charge in [-0.05, 0) is 50.2 Å². The lowest BCUT2D eigenvalue weighted by atomic mass is 9.91. The second kappa shape index (κ2) is 7.02. The summed E-state index contributed by atoms with van der Waals surface area (Å²) >= 11 is 0. The van der Waals surface area contributed by atoms with Crippen molar-refractivity contribution in [3.63, 3.8) is 0 Å². The molecule has 126 valence electrons. The summed E-state index contributed by atoms with van der Waals surface area (Å²) in [6.07, 6.45) is 2.82. The van der Waals surface area contributed by atoms with E-state index in [2.05, 4.69) is 38.1 Å². The number of nitrogens with two attached hydrogens (primary N) is 1. The molecule has 2 heterocycles. The molecule has 1 aromatic carbocycles. The van der Waals surface area contributed by atoms with Crippen LogP contribution < -0.4 is 5.73 Å². The van der Waals surface area contributed by atoms with Crippen molar-refractivity contribution in [1.29, 1.82) is 0 Å². The molecule has 2 aliphatic rings. The van der Waals surface area contributed by atoms with Crippen LogP contribution in [0.25, 0.3) is 0 Å². The van der Waals surface area contributed by atoms with Gasteiger partial charge in [-0.2, -0.15) is 0 Å². The SMILES string of the molecule is Cc1ccccc1C1CC(C)N(C(=O)C(N)C2CCOCC2)C1. The van der Waals surface area contributed by atoms with Gasteiger partial charge in [-0.15, -0.1) is 0 Å². The average Bonchev–Trinajstić information content (AvgIpc) is 2.96. The van der Waals surface area contributed by atoms with Crippen LogP contribution in [0.5, 0.6) is 0 Å². The highest BCUT2D eigenvalue weighted by molar-refractivity contribution is 5.82. The lowest BCUT2D eigenvalue weighted by Gasteiger charge is -2.31. The summed E-state index contributed by atoms with van der Waals surface area (Å²) in [5, 5.41) is 0. The van der Waals surface area contributed by atoms with Crippen LogP contribution in [0.3, 0.4) is 0 Å². The molecule has 4 nitrogen and oxygen atoms in total. The number of hydrogen-bond acceptors (Lipinski definition) is 3. The predicted molar refractivity (Wildman–Crippen MR) is 91.2 cm³/mol. The van der Waals surface area contributed by atoms with Gasteiger partial charge in [0, 0.05) is 31.7 Å². The lowest BCUT2D eigenvalue weighted by Crippen LogP contribution is -2.50. The summed E-state index contributed by atoms with van der Waals surface area (Å²) in [6.45, 7) is 6.55. The van der Waals surface area contributed by atoms with Crippen molar-refractivity contribution >= 4 is 5.91 Å². The monoisotopic (exact) mass is 316 g/mol. The third-order valence-corrected chi connectivity index (χ3v) is 5.55. The van der Waals surface area contributed by atoms with Gasteiger partial charge in [0.2, 0.25) is 5.91 Å². The first-order valence-electron chi connectivity index (χ1n) is 8.77. The zero-order valence-electron chi connectivity index (χ0n) is 14.2. The molecule has 2 saturated heterocycles. The second-order valence-electron chi connectivity index (χ2n) is 7.10. The summed E-state index contributed by atoms with van der Waals surface area (Å²) in [5.41, 5.74) is 8.98. The quantitative estimate of drug-likeness (QED) is 0.932. The van der Waals surface area contributed by atoms with Gasteiger partial charge in [0.25, 0.3) is 0 Å². The molecule has 1 aromatic rings. The van der Waals surface area contributed by atoms with E-state index in [0.29, 0.717) is 5.92 Å². The van der Waals surface area contributed by atoms with Crippen molar-refractivity contribution in [3.05, 3.63) is 35.4 Å². The van der Waals surface area contributed by atoms with Crippen LogP contribution in [-0.2, 0) is 9.53 Å². The van der Waals surface area contributed by atoms with E-state index in [1.54, 1.807) is 0 Å². The van der Waals surface area contributed by atoms with Crippen molar-refractivity contribution in [1.82, 2.24) is 4.90 Å². The maximum atomic E-state index is 12.9. The fourth-order valence-corrected chi connectivity index (χ4v) is 4.08. The number of nitrogens with zero attached hydrogens (tertiary/aromatic N) is 1. The number of aryl methyl sites for hydroxylation is 1. The highest BCUT2D eigenvalue weighted by atomic mass is 16.5. The zero-order valence-corrected chi connectivity index (χ0v) is 14.2. The molecule has 2 fully saturated rings. The molecule has 0 spiro atoms. The van der Waals surface area contributed by atoms with E-state index in [-0.39, 0.29) is 23.9 Å². The van der Waals surface area contributed by atoms with Gasteiger partial charge in [-0.25, -0.2) is 0 Å². The molecule has 23 heavy (non-hydrogen) atoms. The van der Waals surface area contributed by atoms with E-state index in [0.717, 1.165) is 39.0 Å². The molecule has 2 aliphatic heterocycles. The van der Waals surface area contributed by atoms with E-state index in [4.69, 9.17) is 10.5 Å². The second-order valence-corrected chi connectivity index (χ2v) is 7.10. The largest absolute Gasteiger partial charge is 0.381 e. The number of carbonyl (C=O) groups is 1. The van der Waals surface area contributed by atoms with Crippen molar-refractivity contribution in [3.8, 4) is 0 Å². The Morgan fingerprint density at radius 1 is 1.30 bits per heavy atom. The minimum absolute atomic E-state index is 0.125. The Hall–Kier alpha value is -1.39. The normalized spacial score (nSPS) is 27.2. The van der Waals surface area contributed by atoms with Gasteiger partial charge in [-0.3, -0.25) is 4.79 Å². The summed E-state index contributed by atoms with van der Waals surface area (Å²) in [4.78, 5) is 14.9. The van der Waals surface area contributed by atoms with E-state index in [1.807, 2.05) is 4.90 Å². The molecule has 3 rings (SSSR count). The highest BCUT2D eigenvalue weighted by Gasteiger charge is 2.38. The number of hydrogen-bond donors (Lipinski definition) is 1. The van der Waals surface area contributed by atoms with Crippen molar-refractivity contribution < 1.29 is 9.53 Å². The van der Waals surface area contributed by atoms with E-state index >= 15 is 0 Å². The maximum Gasteiger partial charge on any atom is 0.240 e. The maximum absolute atomic E-state index is 12.9. The van der Waals surface area contributed by atoms with E-state index in [1.165, 1.54) is 11.1 Å². The van der Waals surface area contributed by atoms with Crippen LogP contribution in [0.1, 0.15) is 43.2 Å². The standard InChI is InChI=1S/C19H28N2O2/c1-13-5-3-4-6-17(13)16-11-14(2)21(12-16)19(22)18(20)15-7-9-23-10-8-15/h3-6,14-16,18H,7-12,20H2,1-2H3. The number of benzene rings is 1. The topological polar surface area (TPSA) is 55.6 Å². The molecule has 2 N–H and O–H groups in total. The molecule has 4 heteroatoms. The van der Waals surface area contributed by atoms with Gasteiger partial charge in [-0.1, -0.05) is 24.3 Å². The Morgan fingerprint density at radius 3 is 2.70 bits per heavy atom. The fraction of sp³-hybridized carbons (Fsp3) is 0.632. The third-order valence-electron chi connectivity index (χ3n) is 5.55. The van der Waals surface area contributed by atoms with Crippen LogP contribution in [0.2, 0.25) is 0 Å².